The largest absolute Gasteiger partial charge is 0.368 e. The van der Waals surface area contributed by atoms with E-state index in [2.05, 4.69) is 15.4 Å². The third kappa shape index (κ3) is 1.74. The second-order valence-electron chi connectivity index (χ2n) is 3.21. The standard InChI is InChI=1S/C9H11N5O/c1-6(8(10)15)13-9-7-2-3-12-14(7)5-4-11-9/h2-6H,1H3,(H2,10,15)(H,11,13). The third-order valence-corrected chi connectivity index (χ3v) is 2.10. The van der Waals surface area contributed by atoms with Crippen molar-refractivity contribution in [1.29, 1.82) is 0 Å². The maximum absolute atomic E-state index is 10.9. The molecule has 0 spiro atoms. The molecule has 15 heavy (non-hydrogen) atoms. The number of hydrogen-bond donors (Lipinski definition) is 2. The monoisotopic (exact) mass is 205 g/mol. The fourth-order valence-electron chi connectivity index (χ4n) is 1.25. The Hall–Kier alpha value is -2.11. The van der Waals surface area contributed by atoms with Crippen molar-refractivity contribution in [2.24, 2.45) is 5.73 Å². The van der Waals surface area contributed by atoms with Crippen LogP contribution in [0.1, 0.15) is 6.92 Å². The second-order valence-corrected chi connectivity index (χ2v) is 3.21. The average Bonchev–Trinajstić information content (AvgIpc) is 2.66. The van der Waals surface area contributed by atoms with E-state index >= 15 is 0 Å². The summed E-state index contributed by atoms with van der Waals surface area (Å²) >= 11 is 0. The number of aromatic nitrogens is 3. The minimum atomic E-state index is -0.460. The lowest BCUT2D eigenvalue weighted by Crippen LogP contribution is -2.32. The highest BCUT2D eigenvalue weighted by Crippen LogP contribution is 2.12. The van der Waals surface area contributed by atoms with Crippen molar-refractivity contribution in [2.45, 2.75) is 13.0 Å². The smallest absolute Gasteiger partial charge is 0.239 e. The topological polar surface area (TPSA) is 85.3 Å². The van der Waals surface area contributed by atoms with Gasteiger partial charge in [0, 0.05) is 12.4 Å². The number of anilines is 1. The summed E-state index contributed by atoms with van der Waals surface area (Å²) in [6.45, 7) is 1.68. The van der Waals surface area contributed by atoms with Gasteiger partial charge in [-0.3, -0.25) is 4.79 Å². The molecule has 0 aliphatic heterocycles. The van der Waals surface area contributed by atoms with E-state index in [1.54, 1.807) is 30.0 Å². The fraction of sp³-hybridized carbons (Fsp3) is 0.222. The molecule has 0 saturated heterocycles. The normalized spacial score (nSPS) is 12.6. The highest BCUT2D eigenvalue weighted by Gasteiger charge is 2.10. The predicted molar refractivity (Wildman–Crippen MR) is 55.3 cm³/mol. The third-order valence-electron chi connectivity index (χ3n) is 2.10. The Morgan fingerprint density at radius 3 is 3.13 bits per heavy atom. The van der Waals surface area contributed by atoms with Crippen LogP contribution in [-0.4, -0.2) is 26.5 Å². The zero-order valence-corrected chi connectivity index (χ0v) is 8.21. The van der Waals surface area contributed by atoms with Gasteiger partial charge in [0.1, 0.15) is 11.6 Å². The van der Waals surface area contributed by atoms with Crippen LogP contribution in [0.3, 0.4) is 0 Å². The van der Waals surface area contributed by atoms with Crippen LogP contribution < -0.4 is 11.1 Å². The zero-order valence-electron chi connectivity index (χ0n) is 8.21. The van der Waals surface area contributed by atoms with Crippen LogP contribution in [0.15, 0.2) is 24.7 Å². The van der Waals surface area contributed by atoms with E-state index in [-0.39, 0.29) is 0 Å². The van der Waals surface area contributed by atoms with Gasteiger partial charge in [0.2, 0.25) is 5.91 Å². The van der Waals surface area contributed by atoms with E-state index in [0.717, 1.165) is 5.52 Å². The lowest BCUT2D eigenvalue weighted by atomic mass is 10.3. The van der Waals surface area contributed by atoms with Crippen LogP contribution in [0.25, 0.3) is 5.52 Å². The van der Waals surface area contributed by atoms with Crippen molar-refractivity contribution in [2.75, 3.05) is 5.32 Å². The molecule has 78 valence electrons. The number of rotatable bonds is 3. The van der Waals surface area contributed by atoms with Crippen LogP contribution in [0.4, 0.5) is 5.82 Å². The molecule has 2 rings (SSSR count). The Labute approximate surface area is 86.1 Å². The van der Waals surface area contributed by atoms with E-state index < -0.39 is 11.9 Å². The van der Waals surface area contributed by atoms with Gasteiger partial charge in [0.25, 0.3) is 0 Å². The molecule has 6 nitrogen and oxygen atoms in total. The number of nitrogens with two attached hydrogens (primary N) is 1. The van der Waals surface area contributed by atoms with Crippen molar-refractivity contribution < 1.29 is 4.79 Å². The summed E-state index contributed by atoms with van der Waals surface area (Å²) in [4.78, 5) is 15.0. The number of carbonyl (C=O) groups excluding carboxylic acids is 1. The summed E-state index contributed by atoms with van der Waals surface area (Å²) < 4.78 is 1.67. The van der Waals surface area contributed by atoms with Gasteiger partial charge in [-0.2, -0.15) is 5.10 Å². The molecule has 1 amide bonds. The van der Waals surface area contributed by atoms with E-state index in [9.17, 15) is 4.79 Å². The Kier molecular flexibility index (Phi) is 2.24. The number of nitrogens with zero attached hydrogens (tertiary/aromatic N) is 3. The summed E-state index contributed by atoms with van der Waals surface area (Å²) in [7, 11) is 0. The molecular weight excluding hydrogens is 194 g/mol. The van der Waals surface area contributed by atoms with Gasteiger partial charge in [-0.25, -0.2) is 9.50 Å². The Morgan fingerprint density at radius 2 is 2.40 bits per heavy atom. The van der Waals surface area contributed by atoms with Gasteiger partial charge in [-0.15, -0.1) is 0 Å². The predicted octanol–water partition coefficient (Wildman–Crippen LogP) is 0.0150. The van der Waals surface area contributed by atoms with Crippen molar-refractivity contribution >= 4 is 17.2 Å². The van der Waals surface area contributed by atoms with Gasteiger partial charge < -0.3 is 11.1 Å². The molecule has 2 heterocycles. The minimum Gasteiger partial charge on any atom is -0.368 e. The van der Waals surface area contributed by atoms with E-state index in [1.807, 2.05) is 6.07 Å². The van der Waals surface area contributed by atoms with Crippen LogP contribution in [0, 0.1) is 0 Å². The summed E-state index contributed by atoms with van der Waals surface area (Å²) in [5.41, 5.74) is 5.96. The highest BCUT2D eigenvalue weighted by molar-refractivity contribution is 5.83. The molecule has 2 aromatic heterocycles. The molecule has 6 heteroatoms. The molecule has 1 atom stereocenters. The van der Waals surface area contributed by atoms with Crippen molar-refractivity contribution in [1.82, 2.24) is 14.6 Å². The fourth-order valence-corrected chi connectivity index (χ4v) is 1.25. The van der Waals surface area contributed by atoms with Gasteiger partial charge in [-0.05, 0) is 13.0 Å². The lowest BCUT2D eigenvalue weighted by Gasteiger charge is -2.11. The maximum atomic E-state index is 10.9. The van der Waals surface area contributed by atoms with E-state index in [4.69, 9.17) is 5.73 Å². The molecule has 3 N–H and O–H groups in total. The average molecular weight is 205 g/mol. The van der Waals surface area contributed by atoms with Crippen molar-refractivity contribution in [3.05, 3.63) is 24.7 Å². The first-order chi connectivity index (χ1) is 7.18. The first-order valence-electron chi connectivity index (χ1n) is 4.52. The summed E-state index contributed by atoms with van der Waals surface area (Å²) in [6.07, 6.45) is 5.00. The summed E-state index contributed by atoms with van der Waals surface area (Å²) in [5, 5.41) is 6.98. The van der Waals surface area contributed by atoms with Gasteiger partial charge in [-0.1, -0.05) is 0 Å². The van der Waals surface area contributed by atoms with E-state index in [1.165, 1.54) is 0 Å². The second kappa shape index (κ2) is 3.56. The summed E-state index contributed by atoms with van der Waals surface area (Å²) in [6, 6.07) is 1.35. The number of amides is 1. The highest BCUT2D eigenvalue weighted by atomic mass is 16.1. The van der Waals surface area contributed by atoms with Crippen molar-refractivity contribution in [3.63, 3.8) is 0 Å². The first kappa shape index (κ1) is 9.45. The zero-order chi connectivity index (χ0) is 10.8. The number of fused-ring (bicyclic) bond motifs is 1. The molecular formula is C9H11N5O. The molecule has 0 bridgehead atoms. The summed E-state index contributed by atoms with van der Waals surface area (Å²) in [5.74, 6) is 0.180. The molecule has 0 fully saturated rings. The van der Waals surface area contributed by atoms with Gasteiger partial charge in [0.15, 0.2) is 5.82 Å². The molecule has 0 radical (unpaired) electrons. The molecule has 0 aromatic carbocycles. The van der Waals surface area contributed by atoms with Crippen LogP contribution >= 0.6 is 0 Å². The van der Waals surface area contributed by atoms with Crippen LogP contribution in [-0.2, 0) is 4.79 Å². The van der Waals surface area contributed by atoms with Crippen molar-refractivity contribution in [3.8, 4) is 0 Å². The van der Waals surface area contributed by atoms with Crippen LogP contribution in [0.2, 0.25) is 0 Å². The Bertz CT molecular complexity index is 492. The quantitative estimate of drug-likeness (QED) is 0.739. The number of hydrogen-bond acceptors (Lipinski definition) is 4. The van der Waals surface area contributed by atoms with Gasteiger partial charge in [0.05, 0.1) is 6.20 Å². The van der Waals surface area contributed by atoms with Gasteiger partial charge >= 0.3 is 0 Å². The number of primary amides is 1. The number of nitrogens with one attached hydrogen (secondary N) is 1. The molecule has 0 aliphatic carbocycles. The maximum Gasteiger partial charge on any atom is 0.239 e. The number of carbonyl (C=O) groups is 1. The van der Waals surface area contributed by atoms with Crippen LogP contribution in [0.5, 0.6) is 0 Å². The Balaban J connectivity index is 2.35. The minimum absolute atomic E-state index is 0.418. The SMILES string of the molecule is CC(Nc1nccn2nccc12)C(N)=O. The molecule has 1 unspecified atom stereocenters. The first-order valence-corrected chi connectivity index (χ1v) is 4.52. The molecule has 2 aromatic rings. The Morgan fingerprint density at radius 1 is 1.60 bits per heavy atom. The lowest BCUT2D eigenvalue weighted by molar-refractivity contribution is -0.118. The molecule has 0 saturated carbocycles. The van der Waals surface area contributed by atoms with E-state index in [0.29, 0.717) is 5.82 Å². The molecule has 0 aliphatic rings.